The Hall–Kier alpha value is -2.69. The van der Waals surface area contributed by atoms with Crippen molar-refractivity contribution in [1.29, 1.82) is 0 Å². The van der Waals surface area contributed by atoms with Crippen LogP contribution in [0.25, 0.3) is 16.7 Å². The van der Waals surface area contributed by atoms with Crippen molar-refractivity contribution in [3.05, 3.63) is 100 Å². The Morgan fingerprint density at radius 2 is 1.52 bits per heavy atom. The Morgan fingerprint density at radius 1 is 0.852 bits per heavy atom. The molecule has 0 unspecified atom stereocenters. The minimum Gasteiger partial charge on any atom is -0.307 e. The van der Waals surface area contributed by atoms with Gasteiger partial charge in [-0.05, 0) is 35.2 Å². The summed E-state index contributed by atoms with van der Waals surface area (Å²) in [6, 6.07) is 26.8. The first-order valence-electron chi connectivity index (χ1n) is 8.62. The predicted molar refractivity (Wildman–Crippen MR) is 117 cm³/mol. The third kappa shape index (κ3) is 3.72. The maximum atomic E-state index is 12.5. The van der Waals surface area contributed by atoms with Crippen LogP contribution in [0.5, 0.6) is 0 Å². The lowest BCUT2D eigenvalue weighted by Gasteiger charge is -2.13. The number of carbonyl (C=O) groups excluding carboxylic acids is 1. The van der Waals surface area contributed by atoms with Crippen molar-refractivity contribution in [2.24, 2.45) is 0 Å². The van der Waals surface area contributed by atoms with E-state index in [0.717, 1.165) is 33.4 Å². The molecule has 1 amide bonds. The molecule has 0 aromatic heterocycles. The number of amides is 1. The summed E-state index contributed by atoms with van der Waals surface area (Å²) < 4.78 is 0.499. The van der Waals surface area contributed by atoms with E-state index >= 15 is 0 Å². The van der Waals surface area contributed by atoms with Gasteiger partial charge in [0.15, 0.2) is 0 Å². The molecule has 1 saturated heterocycles. The van der Waals surface area contributed by atoms with Gasteiger partial charge in [-0.25, -0.2) is 0 Å². The Labute approximate surface area is 168 Å². The van der Waals surface area contributed by atoms with Gasteiger partial charge in [-0.3, -0.25) is 4.79 Å². The molecule has 0 atom stereocenters. The second kappa shape index (κ2) is 7.51. The Kier molecular flexibility index (Phi) is 4.92. The standard InChI is InChI=1S/C23H17NOS2/c1-15-7-5-11-18(13-15)20(21-22(25)24-23(26)27-21)19-12-6-10-17(14-19)16-8-3-2-4-9-16/h2-14H,1H3,(H,24,25,26). The summed E-state index contributed by atoms with van der Waals surface area (Å²) in [7, 11) is 0. The fourth-order valence-electron chi connectivity index (χ4n) is 3.19. The maximum Gasteiger partial charge on any atom is 0.264 e. The summed E-state index contributed by atoms with van der Waals surface area (Å²) in [5.41, 5.74) is 6.35. The van der Waals surface area contributed by atoms with Crippen LogP contribution in [-0.2, 0) is 4.79 Å². The van der Waals surface area contributed by atoms with Crippen molar-refractivity contribution >= 4 is 39.8 Å². The molecule has 4 heteroatoms. The van der Waals surface area contributed by atoms with Gasteiger partial charge >= 0.3 is 0 Å². The third-order valence-corrected chi connectivity index (χ3v) is 5.64. The molecule has 0 aliphatic carbocycles. The first kappa shape index (κ1) is 17.7. The highest BCUT2D eigenvalue weighted by Crippen LogP contribution is 2.37. The van der Waals surface area contributed by atoms with E-state index in [1.165, 1.54) is 11.8 Å². The molecule has 0 bridgehead atoms. The minimum absolute atomic E-state index is 0.133. The number of rotatable bonds is 3. The van der Waals surface area contributed by atoms with E-state index in [-0.39, 0.29) is 5.91 Å². The molecule has 132 valence electrons. The monoisotopic (exact) mass is 387 g/mol. The Morgan fingerprint density at radius 3 is 2.19 bits per heavy atom. The molecule has 0 saturated carbocycles. The number of aryl methyl sites for hydroxylation is 1. The van der Waals surface area contributed by atoms with E-state index in [0.29, 0.717) is 9.23 Å². The molecule has 1 N–H and O–H groups in total. The number of nitrogens with one attached hydrogen (secondary N) is 1. The molecule has 27 heavy (non-hydrogen) atoms. The SMILES string of the molecule is Cc1cccc(C(=C2SC(=S)NC2=O)c2cccc(-c3ccccc3)c2)c1. The summed E-state index contributed by atoms with van der Waals surface area (Å²) in [4.78, 5) is 13.2. The van der Waals surface area contributed by atoms with Gasteiger partial charge in [0.1, 0.15) is 4.32 Å². The quantitative estimate of drug-likeness (QED) is 0.471. The van der Waals surface area contributed by atoms with E-state index in [2.05, 4.69) is 48.6 Å². The molecule has 1 fully saturated rings. The lowest BCUT2D eigenvalue weighted by molar-refractivity contribution is -0.115. The third-order valence-electron chi connectivity index (χ3n) is 4.41. The highest BCUT2D eigenvalue weighted by Gasteiger charge is 2.27. The van der Waals surface area contributed by atoms with E-state index in [1.807, 2.05) is 42.5 Å². The van der Waals surface area contributed by atoms with Gasteiger partial charge in [0.05, 0.1) is 4.91 Å². The molecule has 2 nitrogen and oxygen atoms in total. The first-order valence-corrected chi connectivity index (χ1v) is 9.84. The van der Waals surface area contributed by atoms with E-state index in [9.17, 15) is 4.79 Å². The number of hydrogen-bond acceptors (Lipinski definition) is 3. The molecule has 3 aromatic carbocycles. The van der Waals surface area contributed by atoms with Crippen molar-refractivity contribution < 1.29 is 4.79 Å². The Bertz CT molecular complexity index is 1070. The first-order chi connectivity index (χ1) is 13.1. The van der Waals surface area contributed by atoms with Gasteiger partial charge in [-0.2, -0.15) is 0 Å². The second-order valence-corrected chi connectivity index (χ2v) is 8.05. The average molecular weight is 388 g/mol. The summed E-state index contributed by atoms with van der Waals surface area (Å²) >= 11 is 6.55. The van der Waals surface area contributed by atoms with E-state index < -0.39 is 0 Å². The topological polar surface area (TPSA) is 29.1 Å². The minimum atomic E-state index is -0.133. The molecular weight excluding hydrogens is 370 g/mol. The second-order valence-electron chi connectivity index (χ2n) is 6.36. The van der Waals surface area contributed by atoms with Crippen LogP contribution in [0.3, 0.4) is 0 Å². The molecule has 1 aliphatic heterocycles. The van der Waals surface area contributed by atoms with Crippen LogP contribution in [0.15, 0.2) is 83.8 Å². The lowest BCUT2D eigenvalue weighted by atomic mass is 9.93. The zero-order valence-corrected chi connectivity index (χ0v) is 16.4. The summed E-state index contributed by atoms with van der Waals surface area (Å²) in [5.74, 6) is -0.133. The van der Waals surface area contributed by atoms with Crippen LogP contribution >= 0.6 is 24.0 Å². The summed E-state index contributed by atoms with van der Waals surface area (Å²) in [5, 5.41) is 2.75. The zero-order chi connectivity index (χ0) is 18.8. The van der Waals surface area contributed by atoms with Gasteiger partial charge in [0.25, 0.3) is 5.91 Å². The van der Waals surface area contributed by atoms with Crippen molar-refractivity contribution in [1.82, 2.24) is 5.32 Å². The fraction of sp³-hybridized carbons (Fsp3) is 0.0435. The zero-order valence-electron chi connectivity index (χ0n) is 14.7. The fourth-order valence-corrected chi connectivity index (χ4v) is 4.35. The van der Waals surface area contributed by atoms with Gasteiger partial charge in [0, 0.05) is 5.57 Å². The number of hydrogen-bond donors (Lipinski definition) is 1. The number of thiocarbonyl (C=S) groups is 1. The molecule has 3 aromatic rings. The van der Waals surface area contributed by atoms with Crippen LogP contribution in [0.4, 0.5) is 0 Å². The van der Waals surface area contributed by atoms with E-state index in [1.54, 1.807) is 0 Å². The molecule has 4 rings (SSSR count). The molecule has 1 aliphatic rings. The van der Waals surface area contributed by atoms with Gasteiger partial charge in [-0.15, -0.1) is 0 Å². The largest absolute Gasteiger partial charge is 0.307 e. The van der Waals surface area contributed by atoms with Crippen LogP contribution in [0, 0.1) is 6.92 Å². The van der Waals surface area contributed by atoms with Crippen molar-refractivity contribution in [3.63, 3.8) is 0 Å². The van der Waals surface area contributed by atoms with E-state index in [4.69, 9.17) is 12.2 Å². The summed E-state index contributed by atoms with van der Waals surface area (Å²) in [6.07, 6.45) is 0. The Balaban J connectivity index is 1.92. The van der Waals surface area contributed by atoms with Crippen molar-refractivity contribution in [2.45, 2.75) is 6.92 Å². The number of carbonyl (C=O) groups is 1. The summed E-state index contributed by atoms with van der Waals surface area (Å²) in [6.45, 7) is 2.05. The highest BCUT2D eigenvalue weighted by molar-refractivity contribution is 8.26. The maximum absolute atomic E-state index is 12.5. The lowest BCUT2D eigenvalue weighted by Crippen LogP contribution is -2.18. The van der Waals surface area contributed by atoms with Gasteiger partial charge in [0.2, 0.25) is 0 Å². The van der Waals surface area contributed by atoms with Crippen LogP contribution in [0.1, 0.15) is 16.7 Å². The normalized spacial score (nSPS) is 15.6. The van der Waals surface area contributed by atoms with Crippen LogP contribution in [0.2, 0.25) is 0 Å². The molecular formula is C23H17NOS2. The molecule has 1 heterocycles. The molecule has 0 radical (unpaired) electrons. The van der Waals surface area contributed by atoms with Crippen LogP contribution < -0.4 is 5.32 Å². The number of thioether (sulfide) groups is 1. The smallest absolute Gasteiger partial charge is 0.264 e. The van der Waals surface area contributed by atoms with Crippen molar-refractivity contribution in [3.8, 4) is 11.1 Å². The van der Waals surface area contributed by atoms with Crippen molar-refractivity contribution in [2.75, 3.05) is 0 Å². The predicted octanol–water partition coefficient (Wildman–Crippen LogP) is 5.57. The molecule has 0 spiro atoms. The van der Waals surface area contributed by atoms with Gasteiger partial charge in [-0.1, -0.05) is 102 Å². The average Bonchev–Trinajstić information content (AvgIpc) is 3.01. The highest BCUT2D eigenvalue weighted by atomic mass is 32.2. The number of benzene rings is 3. The van der Waals surface area contributed by atoms with Gasteiger partial charge < -0.3 is 5.32 Å². The van der Waals surface area contributed by atoms with Crippen LogP contribution in [-0.4, -0.2) is 10.2 Å².